The van der Waals surface area contributed by atoms with Gasteiger partial charge in [-0.3, -0.25) is 4.99 Å². The van der Waals surface area contributed by atoms with Crippen LogP contribution >= 0.6 is 24.0 Å². The molecule has 0 radical (unpaired) electrons. The van der Waals surface area contributed by atoms with E-state index in [4.69, 9.17) is 9.72 Å². The maximum Gasteiger partial charge on any atom is 0.191 e. The van der Waals surface area contributed by atoms with Crippen molar-refractivity contribution in [3.8, 4) is 5.75 Å². The van der Waals surface area contributed by atoms with E-state index >= 15 is 0 Å². The molecule has 0 saturated carbocycles. The highest BCUT2D eigenvalue weighted by atomic mass is 127. The van der Waals surface area contributed by atoms with Crippen LogP contribution < -0.4 is 20.3 Å². The first-order valence-electron chi connectivity index (χ1n) is 9.66. The monoisotopic (exact) mass is 519 g/mol. The summed E-state index contributed by atoms with van der Waals surface area (Å²) in [6.45, 7) is 3.33. The predicted molar refractivity (Wildman–Crippen MR) is 136 cm³/mol. The Kier molecular flexibility index (Phi) is 8.71. The summed E-state index contributed by atoms with van der Waals surface area (Å²) in [5.41, 5.74) is 4.43. The lowest BCUT2D eigenvalue weighted by atomic mass is 10.1. The molecule has 0 aliphatic heterocycles. The third kappa shape index (κ3) is 5.75. The molecule has 1 heterocycles. The van der Waals surface area contributed by atoms with Crippen LogP contribution in [0.5, 0.6) is 5.75 Å². The number of anilines is 1. The minimum atomic E-state index is 0. The van der Waals surface area contributed by atoms with Crippen LogP contribution in [-0.4, -0.2) is 39.2 Å². The summed E-state index contributed by atoms with van der Waals surface area (Å²) < 4.78 is 5.49. The van der Waals surface area contributed by atoms with Crippen LogP contribution in [-0.2, 0) is 13.1 Å². The van der Waals surface area contributed by atoms with E-state index in [2.05, 4.69) is 46.8 Å². The molecule has 7 heteroatoms. The number of hydrogen-bond donors (Lipinski definition) is 2. The molecular formula is C23H30IN5O. The third-order valence-corrected chi connectivity index (χ3v) is 4.81. The largest absolute Gasteiger partial charge is 0.496 e. The fourth-order valence-electron chi connectivity index (χ4n) is 3.18. The van der Waals surface area contributed by atoms with Crippen molar-refractivity contribution in [1.29, 1.82) is 0 Å². The van der Waals surface area contributed by atoms with E-state index in [1.165, 1.54) is 11.1 Å². The second-order valence-corrected chi connectivity index (χ2v) is 7.15. The molecule has 3 rings (SSSR count). The van der Waals surface area contributed by atoms with E-state index in [-0.39, 0.29) is 24.0 Å². The Morgan fingerprint density at radius 1 is 1.03 bits per heavy atom. The standard InChI is InChI=1S/C23H29N5O.HI/c1-16-10-11-17(21(12-16)29-5)14-25-23(24-2)26-15-18-13-22(28(3)4)27-20-9-7-6-8-19(18)20;/h6-13H,14-15H2,1-5H3,(H2,24,25,26);1H. The van der Waals surface area contributed by atoms with Crippen molar-refractivity contribution in [2.24, 2.45) is 4.99 Å². The fourth-order valence-corrected chi connectivity index (χ4v) is 3.18. The van der Waals surface area contributed by atoms with E-state index in [0.717, 1.165) is 34.0 Å². The molecule has 0 aliphatic carbocycles. The number of fused-ring (bicyclic) bond motifs is 1. The van der Waals surface area contributed by atoms with Crippen LogP contribution in [0.15, 0.2) is 53.5 Å². The molecule has 0 fully saturated rings. The lowest BCUT2D eigenvalue weighted by Gasteiger charge is -2.17. The van der Waals surface area contributed by atoms with Crippen LogP contribution in [0.3, 0.4) is 0 Å². The number of aryl methyl sites for hydroxylation is 1. The molecule has 2 N–H and O–H groups in total. The van der Waals surface area contributed by atoms with Crippen molar-refractivity contribution >= 4 is 46.7 Å². The summed E-state index contributed by atoms with van der Waals surface area (Å²) in [4.78, 5) is 11.1. The summed E-state index contributed by atoms with van der Waals surface area (Å²) >= 11 is 0. The molecule has 0 amide bonds. The molecule has 2 aromatic carbocycles. The van der Waals surface area contributed by atoms with Gasteiger partial charge in [-0.05, 0) is 36.2 Å². The average Bonchev–Trinajstić information content (AvgIpc) is 2.74. The lowest BCUT2D eigenvalue weighted by molar-refractivity contribution is 0.408. The number of aliphatic imine (C=N–C) groups is 1. The summed E-state index contributed by atoms with van der Waals surface area (Å²) in [5.74, 6) is 2.55. The highest BCUT2D eigenvalue weighted by Crippen LogP contribution is 2.22. The molecule has 0 spiro atoms. The molecule has 0 aliphatic rings. The number of rotatable bonds is 6. The smallest absolute Gasteiger partial charge is 0.191 e. The van der Waals surface area contributed by atoms with Crippen molar-refractivity contribution in [1.82, 2.24) is 15.6 Å². The van der Waals surface area contributed by atoms with Gasteiger partial charge in [0.2, 0.25) is 0 Å². The number of nitrogens with zero attached hydrogens (tertiary/aromatic N) is 3. The highest BCUT2D eigenvalue weighted by molar-refractivity contribution is 14.0. The zero-order valence-electron chi connectivity index (χ0n) is 18.2. The van der Waals surface area contributed by atoms with Gasteiger partial charge in [0.1, 0.15) is 11.6 Å². The van der Waals surface area contributed by atoms with Crippen LogP contribution in [0.1, 0.15) is 16.7 Å². The maximum absolute atomic E-state index is 5.49. The number of pyridine rings is 1. The van der Waals surface area contributed by atoms with Gasteiger partial charge in [-0.15, -0.1) is 24.0 Å². The Labute approximate surface area is 195 Å². The summed E-state index contributed by atoms with van der Waals surface area (Å²) in [6.07, 6.45) is 0. The average molecular weight is 519 g/mol. The Bertz CT molecular complexity index is 1020. The van der Waals surface area contributed by atoms with Gasteiger partial charge in [-0.1, -0.05) is 30.3 Å². The van der Waals surface area contributed by atoms with Gasteiger partial charge in [0.15, 0.2) is 5.96 Å². The van der Waals surface area contributed by atoms with Gasteiger partial charge in [-0.2, -0.15) is 0 Å². The lowest BCUT2D eigenvalue weighted by Crippen LogP contribution is -2.36. The van der Waals surface area contributed by atoms with Gasteiger partial charge < -0.3 is 20.3 Å². The van der Waals surface area contributed by atoms with Crippen molar-refractivity contribution in [2.45, 2.75) is 20.0 Å². The second kappa shape index (κ2) is 11.0. The SMILES string of the molecule is CN=C(NCc1ccc(C)cc1OC)NCc1cc(N(C)C)nc2ccccc12.I. The number of aromatic nitrogens is 1. The second-order valence-electron chi connectivity index (χ2n) is 7.15. The molecule has 0 unspecified atom stereocenters. The Morgan fingerprint density at radius 3 is 2.40 bits per heavy atom. The Hall–Kier alpha value is -2.55. The molecule has 1 aromatic heterocycles. The molecule has 0 atom stereocenters. The van der Waals surface area contributed by atoms with Crippen LogP contribution in [0.2, 0.25) is 0 Å². The first-order chi connectivity index (χ1) is 14.0. The van der Waals surface area contributed by atoms with E-state index in [9.17, 15) is 0 Å². The molecule has 0 saturated heterocycles. The topological polar surface area (TPSA) is 61.8 Å². The van der Waals surface area contributed by atoms with Crippen LogP contribution in [0, 0.1) is 6.92 Å². The first kappa shape index (κ1) is 23.7. The highest BCUT2D eigenvalue weighted by Gasteiger charge is 2.09. The maximum atomic E-state index is 5.49. The summed E-state index contributed by atoms with van der Waals surface area (Å²) in [6, 6.07) is 16.5. The minimum Gasteiger partial charge on any atom is -0.496 e. The Balaban J connectivity index is 0.00000320. The molecule has 160 valence electrons. The molecule has 0 bridgehead atoms. The summed E-state index contributed by atoms with van der Waals surface area (Å²) in [5, 5.41) is 7.92. The van der Waals surface area contributed by atoms with Gasteiger partial charge >= 0.3 is 0 Å². The number of nitrogens with one attached hydrogen (secondary N) is 2. The minimum absolute atomic E-state index is 0. The van der Waals surface area contributed by atoms with E-state index < -0.39 is 0 Å². The zero-order valence-corrected chi connectivity index (χ0v) is 20.5. The van der Waals surface area contributed by atoms with Gasteiger partial charge in [-0.25, -0.2) is 4.98 Å². The quantitative estimate of drug-likeness (QED) is 0.292. The number of halogens is 1. The van der Waals surface area contributed by atoms with Crippen LogP contribution in [0.4, 0.5) is 5.82 Å². The van der Waals surface area contributed by atoms with Gasteiger partial charge in [0.25, 0.3) is 0 Å². The molecule has 3 aromatic rings. The number of methoxy groups -OCH3 is 1. The molecule has 30 heavy (non-hydrogen) atoms. The van der Waals surface area contributed by atoms with E-state index in [1.54, 1.807) is 14.2 Å². The number of guanidine groups is 1. The Morgan fingerprint density at radius 2 is 1.73 bits per heavy atom. The van der Waals surface area contributed by atoms with Crippen molar-refractivity contribution in [3.63, 3.8) is 0 Å². The van der Waals surface area contributed by atoms with Crippen LogP contribution in [0.25, 0.3) is 10.9 Å². The number of benzene rings is 2. The first-order valence-corrected chi connectivity index (χ1v) is 9.66. The zero-order chi connectivity index (χ0) is 20.8. The van der Waals surface area contributed by atoms with Gasteiger partial charge in [0.05, 0.1) is 12.6 Å². The van der Waals surface area contributed by atoms with Crippen molar-refractivity contribution in [3.05, 3.63) is 65.2 Å². The summed E-state index contributed by atoms with van der Waals surface area (Å²) in [7, 11) is 7.48. The van der Waals surface area contributed by atoms with E-state index in [0.29, 0.717) is 13.1 Å². The number of para-hydroxylation sites is 1. The fraction of sp³-hybridized carbons (Fsp3) is 0.304. The number of hydrogen-bond acceptors (Lipinski definition) is 4. The van der Waals surface area contributed by atoms with Crippen molar-refractivity contribution < 1.29 is 4.74 Å². The molecular weight excluding hydrogens is 489 g/mol. The molecule has 6 nitrogen and oxygen atoms in total. The van der Waals surface area contributed by atoms with Gasteiger partial charge in [0, 0.05) is 45.2 Å². The predicted octanol–water partition coefficient (Wildman–Crippen LogP) is 4.10. The third-order valence-electron chi connectivity index (χ3n) is 4.81. The number of ether oxygens (including phenoxy) is 1. The van der Waals surface area contributed by atoms with E-state index in [1.807, 2.05) is 43.3 Å². The van der Waals surface area contributed by atoms with Crippen molar-refractivity contribution in [2.75, 3.05) is 33.2 Å². The normalized spacial score (nSPS) is 11.0.